The first kappa shape index (κ1) is 20.6. The Balaban J connectivity index is 1.34. The summed E-state index contributed by atoms with van der Waals surface area (Å²) in [6.45, 7) is 3.58. The van der Waals surface area contributed by atoms with Gasteiger partial charge in [-0.3, -0.25) is 10.2 Å². The van der Waals surface area contributed by atoms with Crippen LogP contribution in [0, 0.1) is 6.92 Å². The number of fused-ring (bicyclic) bond motifs is 3. The van der Waals surface area contributed by atoms with Gasteiger partial charge in [0, 0.05) is 30.2 Å². The Morgan fingerprint density at radius 3 is 2.81 bits per heavy atom. The normalized spacial score (nSPS) is 21.0. The highest BCUT2D eigenvalue weighted by atomic mass is 35.5. The maximum Gasteiger partial charge on any atom is 0.277 e. The van der Waals surface area contributed by atoms with E-state index in [9.17, 15) is 4.79 Å². The largest absolute Gasteiger partial charge is 0.396 e. The molecule has 162 valence electrons. The molecule has 9 heteroatoms. The van der Waals surface area contributed by atoms with Gasteiger partial charge in [0.15, 0.2) is 0 Å². The number of nitrogens with zero attached hydrogens (tertiary/aromatic N) is 3. The lowest BCUT2D eigenvalue weighted by Crippen LogP contribution is -2.57. The van der Waals surface area contributed by atoms with Crippen LogP contribution < -0.4 is 16.5 Å². The lowest BCUT2D eigenvalue weighted by atomic mass is 10.1. The molecule has 2 saturated heterocycles. The molecule has 2 aliphatic heterocycles. The van der Waals surface area contributed by atoms with E-state index in [1.807, 2.05) is 30.1 Å². The molecule has 0 saturated carbocycles. The van der Waals surface area contributed by atoms with Crippen molar-refractivity contribution < 1.29 is 4.79 Å². The molecule has 0 radical (unpaired) electrons. The van der Waals surface area contributed by atoms with Gasteiger partial charge < -0.3 is 11.1 Å². The number of hydrogen-bond donors (Lipinski definition) is 3. The van der Waals surface area contributed by atoms with Crippen molar-refractivity contribution in [2.75, 3.05) is 18.8 Å². The van der Waals surface area contributed by atoms with Crippen molar-refractivity contribution in [2.45, 2.75) is 44.7 Å². The van der Waals surface area contributed by atoms with Crippen LogP contribution in [0.15, 0.2) is 24.3 Å². The van der Waals surface area contributed by atoms with E-state index >= 15 is 0 Å². The van der Waals surface area contributed by atoms with Crippen molar-refractivity contribution in [2.24, 2.45) is 0 Å². The third-order valence-corrected chi connectivity index (χ3v) is 7.38. The van der Waals surface area contributed by atoms with Gasteiger partial charge in [0.1, 0.15) is 15.2 Å². The molecule has 2 aromatic heterocycles. The van der Waals surface area contributed by atoms with Crippen molar-refractivity contribution in [3.05, 3.63) is 51.1 Å². The smallest absolute Gasteiger partial charge is 0.277 e. The highest BCUT2D eigenvalue weighted by molar-refractivity contribution is 7.21. The summed E-state index contributed by atoms with van der Waals surface area (Å²) in [5.74, 6) is -0.179. The molecule has 0 aliphatic carbocycles. The monoisotopic (exact) mass is 456 g/mol. The molecule has 2 aliphatic rings. The van der Waals surface area contributed by atoms with Crippen LogP contribution in [0.4, 0.5) is 5.69 Å². The Morgan fingerprint density at radius 2 is 2.06 bits per heavy atom. The molecule has 2 unspecified atom stereocenters. The number of halogens is 1. The van der Waals surface area contributed by atoms with Gasteiger partial charge in [-0.1, -0.05) is 23.7 Å². The van der Waals surface area contributed by atoms with Crippen LogP contribution in [0.2, 0.25) is 5.02 Å². The topological polar surface area (TPSA) is 96.2 Å². The molecule has 1 amide bonds. The SMILES string of the molecule is Cc1nc2sc(C(=O)NN3CC4CCC(C3)N4)c(N)c2nc1CCc1cccc(Cl)c1. The van der Waals surface area contributed by atoms with Crippen molar-refractivity contribution in [3.8, 4) is 0 Å². The number of benzene rings is 1. The van der Waals surface area contributed by atoms with E-state index in [2.05, 4.69) is 16.8 Å². The van der Waals surface area contributed by atoms with Crippen LogP contribution in [0.5, 0.6) is 0 Å². The summed E-state index contributed by atoms with van der Waals surface area (Å²) in [6, 6.07) is 8.74. The lowest BCUT2D eigenvalue weighted by Gasteiger charge is -2.32. The van der Waals surface area contributed by atoms with Crippen molar-refractivity contribution in [3.63, 3.8) is 0 Å². The molecule has 5 rings (SSSR count). The molecule has 2 bridgehead atoms. The van der Waals surface area contributed by atoms with E-state index in [-0.39, 0.29) is 5.91 Å². The minimum Gasteiger partial charge on any atom is -0.396 e. The Hall–Kier alpha value is -2.26. The summed E-state index contributed by atoms with van der Waals surface area (Å²) in [5, 5.41) is 6.30. The van der Waals surface area contributed by atoms with E-state index in [4.69, 9.17) is 27.3 Å². The molecule has 2 atom stereocenters. The second-order valence-electron chi connectivity index (χ2n) is 8.37. The number of hydrazine groups is 1. The number of anilines is 1. The number of carbonyl (C=O) groups excluding carboxylic acids is 1. The number of carbonyl (C=O) groups is 1. The van der Waals surface area contributed by atoms with Gasteiger partial charge in [0.2, 0.25) is 0 Å². The number of nitrogens with one attached hydrogen (secondary N) is 2. The van der Waals surface area contributed by atoms with Crippen LogP contribution in [0.3, 0.4) is 0 Å². The summed E-state index contributed by atoms with van der Waals surface area (Å²) in [4.78, 5) is 23.6. The minimum atomic E-state index is -0.179. The average Bonchev–Trinajstić information content (AvgIpc) is 3.24. The zero-order valence-electron chi connectivity index (χ0n) is 17.3. The quantitative estimate of drug-likeness (QED) is 0.546. The zero-order chi connectivity index (χ0) is 21.5. The molecule has 4 N–H and O–H groups in total. The number of piperazine rings is 1. The van der Waals surface area contributed by atoms with Gasteiger partial charge in [0.25, 0.3) is 5.91 Å². The van der Waals surface area contributed by atoms with E-state index in [1.54, 1.807) is 0 Å². The second kappa shape index (κ2) is 8.35. The van der Waals surface area contributed by atoms with Crippen LogP contribution in [0.25, 0.3) is 10.3 Å². The third kappa shape index (κ3) is 4.25. The summed E-state index contributed by atoms with van der Waals surface area (Å²) >= 11 is 7.40. The summed E-state index contributed by atoms with van der Waals surface area (Å²) < 4.78 is 0. The maximum absolute atomic E-state index is 12.9. The average molecular weight is 457 g/mol. The van der Waals surface area contributed by atoms with Crippen molar-refractivity contribution in [1.29, 1.82) is 0 Å². The van der Waals surface area contributed by atoms with Gasteiger partial charge in [-0.2, -0.15) is 0 Å². The molecule has 4 heterocycles. The second-order valence-corrected chi connectivity index (χ2v) is 9.80. The van der Waals surface area contributed by atoms with Gasteiger partial charge in [-0.25, -0.2) is 15.0 Å². The number of hydrogen-bond acceptors (Lipinski definition) is 7. The van der Waals surface area contributed by atoms with E-state index in [1.165, 1.54) is 11.3 Å². The number of nitrogens with two attached hydrogens (primary N) is 1. The van der Waals surface area contributed by atoms with Gasteiger partial charge >= 0.3 is 0 Å². The van der Waals surface area contributed by atoms with Crippen molar-refractivity contribution >= 4 is 44.9 Å². The highest BCUT2D eigenvalue weighted by Gasteiger charge is 2.33. The molecule has 7 nitrogen and oxygen atoms in total. The van der Waals surface area contributed by atoms with Gasteiger partial charge in [0.05, 0.1) is 17.1 Å². The van der Waals surface area contributed by atoms with E-state index in [0.29, 0.717) is 33.0 Å². The number of rotatable bonds is 5. The Kier molecular flexibility index (Phi) is 5.56. The van der Waals surface area contributed by atoms with Crippen LogP contribution >= 0.6 is 22.9 Å². The maximum atomic E-state index is 12.9. The predicted molar refractivity (Wildman–Crippen MR) is 124 cm³/mol. The van der Waals surface area contributed by atoms with Crippen LogP contribution in [0.1, 0.15) is 39.5 Å². The Bertz CT molecular complexity index is 1140. The number of nitrogen functional groups attached to an aromatic ring is 1. The number of thiophene rings is 1. The highest BCUT2D eigenvalue weighted by Crippen LogP contribution is 2.32. The van der Waals surface area contributed by atoms with Crippen LogP contribution in [-0.2, 0) is 12.8 Å². The fourth-order valence-corrected chi connectivity index (χ4v) is 5.67. The Morgan fingerprint density at radius 1 is 1.29 bits per heavy atom. The molecule has 1 aromatic carbocycles. The van der Waals surface area contributed by atoms with Gasteiger partial charge in [-0.15, -0.1) is 11.3 Å². The molecule has 31 heavy (non-hydrogen) atoms. The fourth-order valence-electron chi connectivity index (χ4n) is 4.48. The van der Waals surface area contributed by atoms with Gasteiger partial charge in [-0.05, 0) is 50.3 Å². The first-order valence-corrected chi connectivity index (χ1v) is 11.8. The number of amides is 1. The first-order valence-electron chi connectivity index (χ1n) is 10.6. The van der Waals surface area contributed by atoms with Crippen LogP contribution in [-0.4, -0.2) is 46.1 Å². The lowest BCUT2D eigenvalue weighted by molar-refractivity contribution is 0.0721. The molecule has 2 fully saturated rings. The number of aryl methyl sites for hydroxylation is 3. The molecular formula is C22H25ClN6OS. The summed E-state index contributed by atoms with van der Waals surface area (Å²) in [6.07, 6.45) is 3.86. The molecule has 0 spiro atoms. The fraction of sp³-hybridized carbons (Fsp3) is 0.409. The van der Waals surface area contributed by atoms with E-state index < -0.39 is 0 Å². The Labute approximate surface area is 190 Å². The summed E-state index contributed by atoms with van der Waals surface area (Å²) in [5.41, 5.74) is 13.3. The molecule has 3 aromatic rings. The van der Waals surface area contributed by atoms with Crippen molar-refractivity contribution in [1.82, 2.24) is 25.7 Å². The van der Waals surface area contributed by atoms with E-state index in [0.717, 1.165) is 60.7 Å². The standard InChI is InChI=1S/C22H25ClN6OS/c1-12-17(8-5-13-3-2-4-14(23)9-13)27-19-18(24)20(31-22(19)25-12)21(30)28-29-10-15-6-7-16(11-29)26-15/h2-4,9,15-16,26H,5-8,10-11,24H2,1H3,(H,28,30). The molecular weight excluding hydrogens is 432 g/mol. The minimum absolute atomic E-state index is 0.179. The zero-order valence-corrected chi connectivity index (χ0v) is 18.9. The number of aromatic nitrogens is 2. The predicted octanol–water partition coefficient (Wildman–Crippen LogP) is 3.10. The first-order chi connectivity index (χ1) is 15.0. The third-order valence-electron chi connectivity index (χ3n) is 6.06. The summed E-state index contributed by atoms with van der Waals surface area (Å²) in [7, 11) is 0.